The number of benzene rings is 1. The summed E-state index contributed by atoms with van der Waals surface area (Å²) in [7, 11) is 0. The lowest BCUT2D eigenvalue weighted by Gasteiger charge is -2.04. The molecule has 0 N–H and O–H groups in total. The molecule has 0 aliphatic carbocycles. The predicted octanol–water partition coefficient (Wildman–Crippen LogP) is 3.78. The Bertz CT molecular complexity index is 329. The van der Waals surface area contributed by atoms with Crippen LogP contribution in [0.15, 0.2) is 18.2 Å². The maximum atomic E-state index is 13.3. The molecule has 0 aliphatic heterocycles. The van der Waals surface area contributed by atoms with Crippen LogP contribution >= 0.6 is 11.6 Å². The second-order valence-corrected chi connectivity index (χ2v) is 4.02. The Balaban J connectivity index is 2.47. The van der Waals surface area contributed by atoms with E-state index in [1.165, 1.54) is 6.07 Å². The molecule has 1 aromatic rings. The molecule has 0 atom stereocenters. The van der Waals surface area contributed by atoms with Crippen LogP contribution < -0.4 is 0 Å². The summed E-state index contributed by atoms with van der Waals surface area (Å²) in [5, 5.41) is 0.470. The van der Waals surface area contributed by atoms with Crippen molar-refractivity contribution in [3.8, 4) is 0 Å². The van der Waals surface area contributed by atoms with Gasteiger partial charge in [-0.1, -0.05) is 17.7 Å². The summed E-state index contributed by atoms with van der Waals surface area (Å²) >= 11 is 5.86. The van der Waals surface area contributed by atoms with E-state index in [9.17, 15) is 9.18 Å². The monoisotopic (exact) mass is 228 g/mol. The normalized spacial score (nSPS) is 10.3. The van der Waals surface area contributed by atoms with Crippen LogP contribution in [-0.2, 0) is 11.2 Å². The van der Waals surface area contributed by atoms with Gasteiger partial charge in [-0.25, -0.2) is 4.39 Å². The van der Waals surface area contributed by atoms with Crippen LogP contribution in [0.5, 0.6) is 0 Å². The van der Waals surface area contributed by atoms with Gasteiger partial charge in [-0.2, -0.15) is 0 Å². The maximum Gasteiger partial charge on any atom is 0.129 e. The summed E-state index contributed by atoms with van der Waals surface area (Å²) < 4.78 is 13.3. The quantitative estimate of drug-likeness (QED) is 0.701. The zero-order valence-corrected chi connectivity index (χ0v) is 9.48. The van der Waals surface area contributed by atoms with Gasteiger partial charge < -0.3 is 4.79 Å². The predicted molar refractivity (Wildman–Crippen MR) is 59.6 cm³/mol. The Morgan fingerprint density at radius 2 is 2.13 bits per heavy atom. The number of carbonyl (C=O) groups is 1. The third kappa shape index (κ3) is 4.00. The number of halogens is 2. The number of carbonyl (C=O) groups excluding carboxylic acids is 1. The van der Waals surface area contributed by atoms with Crippen molar-refractivity contribution in [2.24, 2.45) is 0 Å². The second kappa shape index (κ2) is 5.86. The standard InChI is InChI=1S/C12H14ClFO/c1-9(15)5-2-3-6-10-11(13)7-4-8-12(10)14/h4,7-8H,2-3,5-6H2,1H3. The first kappa shape index (κ1) is 12.2. The molecular weight excluding hydrogens is 215 g/mol. The molecule has 0 spiro atoms. The van der Waals surface area contributed by atoms with Crippen molar-refractivity contribution in [2.75, 3.05) is 0 Å². The van der Waals surface area contributed by atoms with E-state index in [0.717, 1.165) is 12.8 Å². The Morgan fingerprint density at radius 3 is 2.73 bits per heavy atom. The highest BCUT2D eigenvalue weighted by Crippen LogP contribution is 2.21. The fraction of sp³-hybridized carbons (Fsp3) is 0.417. The third-order valence-electron chi connectivity index (χ3n) is 2.27. The van der Waals surface area contributed by atoms with Crippen LogP contribution in [0.25, 0.3) is 0 Å². The van der Waals surface area contributed by atoms with Gasteiger partial charge in [0.2, 0.25) is 0 Å². The third-order valence-corrected chi connectivity index (χ3v) is 2.62. The van der Waals surface area contributed by atoms with Gasteiger partial charge in [0, 0.05) is 17.0 Å². The maximum absolute atomic E-state index is 13.3. The van der Waals surface area contributed by atoms with E-state index in [2.05, 4.69) is 0 Å². The first-order valence-corrected chi connectivity index (χ1v) is 5.41. The van der Waals surface area contributed by atoms with Crippen molar-refractivity contribution in [1.82, 2.24) is 0 Å². The molecule has 0 unspecified atom stereocenters. The number of Topliss-reactive ketones (excluding diaryl/α,β-unsaturated/α-hetero) is 1. The van der Waals surface area contributed by atoms with Gasteiger partial charge in [0.25, 0.3) is 0 Å². The molecule has 0 radical (unpaired) electrons. The topological polar surface area (TPSA) is 17.1 Å². The molecule has 1 aromatic carbocycles. The van der Waals surface area contributed by atoms with E-state index in [0.29, 0.717) is 23.4 Å². The molecule has 0 fully saturated rings. The first-order valence-electron chi connectivity index (χ1n) is 5.03. The second-order valence-electron chi connectivity index (χ2n) is 3.61. The summed E-state index contributed by atoms with van der Waals surface area (Å²) in [4.78, 5) is 10.7. The molecule has 3 heteroatoms. The molecule has 0 aromatic heterocycles. The molecule has 15 heavy (non-hydrogen) atoms. The SMILES string of the molecule is CC(=O)CCCCc1c(F)cccc1Cl. The van der Waals surface area contributed by atoms with E-state index in [1.54, 1.807) is 19.1 Å². The van der Waals surface area contributed by atoms with Crippen molar-refractivity contribution in [2.45, 2.75) is 32.6 Å². The van der Waals surface area contributed by atoms with Gasteiger partial charge in [-0.3, -0.25) is 0 Å². The molecule has 0 bridgehead atoms. The van der Waals surface area contributed by atoms with Crippen molar-refractivity contribution in [3.05, 3.63) is 34.6 Å². The molecule has 0 saturated carbocycles. The highest BCUT2D eigenvalue weighted by atomic mass is 35.5. The Kier molecular flexibility index (Phi) is 4.76. The minimum atomic E-state index is -0.259. The molecule has 0 saturated heterocycles. The number of rotatable bonds is 5. The van der Waals surface area contributed by atoms with E-state index in [1.807, 2.05) is 0 Å². The summed E-state index contributed by atoms with van der Waals surface area (Å²) in [6.45, 7) is 1.57. The zero-order valence-electron chi connectivity index (χ0n) is 8.72. The number of unbranched alkanes of at least 4 members (excludes halogenated alkanes) is 1. The van der Waals surface area contributed by atoms with Crippen LogP contribution in [0, 0.1) is 5.82 Å². The highest BCUT2D eigenvalue weighted by Gasteiger charge is 2.06. The zero-order chi connectivity index (χ0) is 11.3. The molecule has 0 heterocycles. The van der Waals surface area contributed by atoms with Gasteiger partial charge in [-0.05, 0) is 38.3 Å². The number of hydrogen-bond acceptors (Lipinski definition) is 1. The minimum absolute atomic E-state index is 0.176. The van der Waals surface area contributed by atoms with Crippen molar-refractivity contribution in [1.29, 1.82) is 0 Å². The van der Waals surface area contributed by atoms with Gasteiger partial charge in [0.1, 0.15) is 11.6 Å². The van der Waals surface area contributed by atoms with Crippen LogP contribution in [0.2, 0.25) is 5.02 Å². The summed E-state index contributed by atoms with van der Waals surface area (Å²) in [6.07, 6.45) is 2.74. The van der Waals surface area contributed by atoms with E-state index in [4.69, 9.17) is 11.6 Å². The number of hydrogen-bond donors (Lipinski definition) is 0. The average molecular weight is 229 g/mol. The smallest absolute Gasteiger partial charge is 0.129 e. The lowest BCUT2D eigenvalue weighted by atomic mass is 10.1. The molecule has 0 amide bonds. The van der Waals surface area contributed by atoms with Crippen LogP contribution in [0.1, 0.15) is 31.7 Å². The summed E-state index contributed by atoms with van der Waals surface area (Å²) in [5.74, 6) is -0.0834. The molecule has 82 valence electrons. The van der Waals surface area contributed by atoms with E-state index >= 15 is 0 Å². The molecular formula is C12H14ClFO. The largest absolute Gasteiger partial charge is 0.300 e. The first-order chi connectivity index (χ1) is 7.11. The molecule has 0 aliphatic rings. The number of ketones is 1. The van der Waals surface area contributed by atoms with E-state index < -0.39 is 0 Å². The highest BCUT2D eigenvalue weighted by molar-refractivity contribution is 6.31. The van der Waals surface area contributed by atoms with Crippen LogP contribution in [-0.4, -0.2) is 5.78 Å². The van der Waals surface area contributed by atoms with E-state index in [-0.39, 0.29) is 11.6 Å². The van der Waals surface area contributed by atoms with Gasteiger partial charge in [0.05, 0.1) is 0 Å². The molecule has 1 rings (SSSR count). The fourth-order valence-corrected chi connectivity index (χ4v) is 1.70. The Hall–Kier alpha value is -0.890. The Labute approximate surface area is 94.3 Å². The van der Waals surface area contributed by atoms with Crippen LogP contribution in [0.4, 0.5) is 4.39 Å². The van der Waals surface area contributed by atoms with Gasteiger partial charge in [-0.15, -0.1) is 0 Å². The van der Waals surface area contributed by atoms with Crippen molar-refractivity contribution in [3.63, 3.8) is 0 Å². The summed E-state index contributed by atoms with van der Waals surface area (Å²) in [6, 6.07) is 4.69. The van der Waals surface area contributed by atoms with Gasteiger partial charge in [0.15, 0.2) is 0 Å². The lowest BCUT2D eigenvalue weighted by Crippen LogP contribution is -1.94. The minimum Gasteiger partial charge on any atom is -0.300 e. The summed E-state index contributed by atoms with van der Waals surface area (Å²) in [5.41, 5.74) is 0.558. The van der Waals surface area contributed by atoms with Crippen molar-refractivity contribution >= 4 is 17.4 Å². The molecule has 1 nitrogen and oxygen atoms in total. The van der Waals surface area contributed by atoms with Crippen LogP contribution in [0.3, 0.4) is 0 Å². The van der Waals surface area contributed by atoms with Crippen molar-refractivity contribution < 1.29 is 9.18 Å². The lowest BCUT2D eigenvalue weighted by molar-refractivity contribution is -0.117. The fourth-order valence-electron chi connectivity index (χ4n) is 1.45. The Morgan fingerprint density at radius 1 is 1.40 bits per heavy atom. The van der Waals surface area contributed by atoms with Gasteiger partial charge >= 0.3 is 0 Å². The average Bonchev–Trinajstić information content (AvgIpc) is 2.15.